The van der Waals surface area contributed by atoms with Gasteiger partial charge < -0.3 is 9.31 Å². The van der Waals surface area contributed by atoms with Gasteiger partial charge in [0.2, 0.25) is 0 Å². The molecule has 6 rings (SSSR count). The Morgan fingerprint density at radius 1 is 0.581 bits per heavy atom. The van der Waals surface area contributed by atoms with E-state index in [2.05, 4.69) is 107 Å². The highest BCUT2D eigenvalue weighted by molar-refractivity contribution is 6.62. The zero-order valence-corrected chi connectivity index (χ0v) is 18.4. The summed E-state index contributed by atoms with van der Waals surface area (Å²) in [5, 5.41) is 2.64. The number of fused-ring (bicyclic) bond motifs is 3. The molecule has 1 heterocycles. The maximum atomic E-state index is 6.31. The molecule has 0 saturated carbocycles. The Labute approximate surface area is 184 Å². The molecular weight excluding hydrogens is 379 g/mol. The number of benzene rings is 4. The van der Waals surface area contributed by atoms with Crippen LogP contribution in [0.3, 0.4) is 0 Å². The van der Waals surface area contributed by atoms with Gasteiger partial charge in [0.05, 0.1) is 11.2 Å². The average Bonchev–Trinajstić information content (AvgIpc) is 3.20. The molecule has 4 aromatic carbocycles. The third kappa shape index (κ3) is 2.67. The average molecular weight is 404 g/mol. The largest absolute Gasteiger partial charge is 0.494 e. The van der Waals surface area contributed by atoms with Crippen LogP contribution in [0.2, 0.25) is 0 Å². The van der Waals surface area contributed by atoms with E-state index in [0.29, 0.717) is 0 Å². The standard InChI is InChI=1S/C28H25BO2/c1-27(2)28(3,4)31-29(30-27)19-13-14-21-24-16-15-20(18-9-6-5-7-10-18)22-11-8-12-23(26(22)24)25(21)17-19/h5-17H,1-4H3. The Morgan fingerprint density at radius 3 is 1.97 bits per heavy atom. The summed E-state index contributed by atoms with van der Waals surface area (Å²) in [4.78, 5) is 0. The monoisotopic (exact) mass is 404 g/mol. The van der Waals surface area contributed by atoms with Crippen LogP contribution in [0.5, 0.6) is 0 Å². The second-order valence-electron chi connectivity index (χ2n) is 9.65. The summed E-state index contributed by atoms with van der Waals surface area (Å²) < 4.78 is 12.6. The van der Waals surface area contributed by atoms with Gasteiger partial charge in [0, 0.05) is 0 Å². The van der Waals surface area contributed by atoms with Crippen LogP contribution in [0.25, 0.3) is 44.2 Å². The molecule has 1 saturated heterocycles. The van der Waals surface area contributed by atoms with Gasteiger partial charge in [-0.15, -0.1) is 0 Å². The van der Waals surface area contributed by atoms with Crippen LogP contribution in [0, 0.1) is 0 Å². The molecule has 0 atom stereocenters. The predicted molar refractivity (Wildman–Crippen MR) is 130 cm³/mol. The summed E-state index contributed by atoms with van der Waals surface area (Å²) in [6.07, 6.45) is 0. The van der Waals surface area contributed by atoms with Crippen LogP contribution in [0.15, 0.2) is 78.9 Å². The van der Waals surface area contributed by atoms with E-state index in [0.717, 1.165) is 5.46 Å². The van der Waals surface area contributed by atoms with E-state index >= 15 is 0 Å². The summed E-state index contributed by atoms with van der Waals surface area (Å²) in [6, 6.07) is 28.5. The molecule has 0 bridgehead atoms. The Balaban J connectivity index is 1.50. The smallest absolute Gasteiger partial charge is 0.399 e. The van der Waals surface area contributed by atoms with Crippen molar-refractivity contribution in [1.82, 2.24) is 0 Å². The van der Waals surface area contributed by atoms with Crippen LogP contribution in [0.1, 0.15) is 27.7 Å². The van der Waals surface area contributed by atoms with Gasteiger partial charge in [-0.25, -0.2) is 0 Å². The van der Waals surface area contributed by atoms with Crippen LogP contribution in [-0.4, -0.2) is 18.3 Å². The van der Waals surface area contributed by atoms with Gasteiger partial charge in [-0.3, -0.25) is 0 Å². The second-order valence-corrected chi connectivity index (χ2v) is 9.65. The third-order valence-corrected chi connectivity index (χ3v) is 7.27. The molecule has 0 N–H and O–H groups in total. The van der Waals surface area contributed by atoms with E-state index in [1.54, 1.807) is 0 Å². The van der Waals surface area contributed by atoms with Gasteiger partial charge in [0.1, 0.15) is 0 Å². The molecule has 0 amide bonds. The predicted octanol–water partition coefficient (Wildman–Crippen LogP) is 6.45. The molecule has 1 fully saturated rings. The van der Waals surface area contributed by atoms with E-state index in [9.17, 15) is 0 Å². The summed E-state index contributed by atoms with van der Waals surface area (Å²) in [6.45, 7) is 8.40. The molecule has 31 heavy (non-hydrogen) atoms. The summed E-state index contributed by atoms with van der Waals surface area (Å²) in [5.74, 6) is 0. The fourth-order valence-electron chi connectivity index (χ4n) is 4.87. The van der Waals surface area contributed by atoms with Crippen molar-refractivity contribution < 1.29 is 9.31 Å². The van der Waals surface area contributed by atoms with Crippen LogP contribution in [0.4, 0.5) is 0 Å². The first-order chi connectivity index (χ1) is 14.9. The van der Waals surface area contributed by atoms with Gasteiger partial charge in [0.15, 0.2) is 0 Å². The number of hydrogen-bond donors (Lipinski definition) is 0. The highest BCUT2D eigenvalue weighted by Crippen LogP contribution is 2.49. The fraction of sp³-hybridized carbons (Fsp3) is 0.214. The lowest BCUT2D eigenvalue weighted by Crippen LogP contribution is -2.41. The SMILES string of the molecule is CC1(C)OB(c2ccc3c(c2)-c2cccc4c(-c5ccccc5)ccc-3c24)OC1(C)C. The summed E-state index contributed by atoms with van der Waals surface area (Å²) in [7, 11) is -0.349. The van der Waals surface area contributed by atoms with E-state index in [4.69, 9.17) is 9.31 Å². The Bertz CT molecular complexity index is 1320. The van der Waals surface area contributed by atoms with Gasteiger partial charge in [-0.1, -0.05) is 78.9 Å². The van der Waals surface area contributed by atoms with Crippen molar-refractivity contribution >= 4 is 23.4 Å². The van der Waals surface area contributed by atoms with Gasteiger partial charge in [0.25, 0.3) is 0 Å². The van der Waals surface area contributed by atoms with Crippen molar-refractivity contribution in [2.45, 2.75) is 38.9 Å². The lowest BCUT2D eigenvalue weighted by Gasteiger charge is -2.32. The molecular formula is C28H25BO2. The summed E-state index contributed by atoms with van der Waals surface area (Å²) in [5.41, 5.74) is 8.06. The Hall–Kier alpha value is -2.88. The minimum Gasteiger partial charge on any atom is -0.399 e. The fourth-order valence-corrected chi connectivity index (χ4v) is 4.87. The maximum Gasteiger partial charge on any atom is 0.494 e. The van der Waals surface area contributed by atoms with Crippen molar-refractivity contribution in [3.63, 3.8) is 0 Å². The molecule has 0 unspecified atom stereocenters. The van der Waals surface area contributed by atoms with Crippen molar-refractivity contribution in [3.8, 4) is 33.4 Å². The topological polar surface area (TPSA) is 18.5 Å². The minimum atomic E-state index is -0.349. The first kappa shape index (κ1) is 18.9. The van der Waals surface area contributed by atoms with Gasteiger partial charge >= 0.3 is 7.12 Å². The lowest BCUT2D eigenvalue weighted by atomic mass is 9.77. The summed E-state index contributed by atoms with van der Waals surface area (Å²) >= 11 is 0. The zero-order valence-electron chi connectivity index (χ0n) is 18.4. The second kappa shape index (κ2) is 6.32. The Morgan fingerprint density at radius 2 is 1.23 bits per heavy atom. The lowest BCUT2D eigenvalue weighted by molar-refractivity contribution is 0.00578. The van der Waals surface area contributed by atoms with E-state index in [1.165, 1.54) is 44.2 Å². The molecule has 0 radical (unpaired) electrons. The number of hydrogen-bond acceptors (Lipinski definition) is 2. The molecule has 4 aromatic rings. The van der Waals surface area contributed by atoms with Crippen LogP contribution < -0.4 is 5.46 Å². The number of rotatable bonds is 2. The van der Waals surface area contributed by atoms with Crippen LogP contribution >= 0.6 is 0 Å². The Kier molecular flexibility index (Phi) is 3.84. The molecule has 152 valence electrons. The normalized spacial score (nSPS) is 17.9. The van der Waals surface area contributed by atoms with E-state index < -0.39 is 0 Å². The van der Waals surface area contributed by atoms with Crippen molar-refractivity contribution in [2.24, 2.45) is 0 Å². The van der Waals surface area contributed by atoms with Crippen LogP contribution in [-0.2, 0) is 9.31 Å². The zero-order chi connectivity index (χ0) is 21.4. The molecule has 3 heteroatoms. The van der Waals surface area contributed by atoms with Crippen molar-refractivity contribution in [3.05, 3.63) is 78.9 Å². The highest BCUT2D eigenvalue weighted by atomic mass is 16.7. The minimum absolute atomic E-state index is 0.343. The molecule has 2 aliphatic rings. The molecule has 1 aliphatic carbocycles. The molecule has 0 aromatic heterocycles. The quantitative estimate of drug-likeness (QED) is 0.315. The van der Waals surface area contributed by atoms with Crippen molar-refractivity contribution in [1.29, 1.82) is 0 Å². The first-order valence-electron chi connectivity index (χ1n) is 11.0. The third-order valence-electron chi connectivity index (χ3n) is 7.27. The van der Waals surface area contributed by atoms with E-state index in [-0.39, 0.29) is 18.3 Å². The molecule has 1 aliphatic heterocycles. The molecule has 0 spiro atoms. The van der Waals surface area contributed by atoms with Gasteiger partial charge in [-0.05, 0) is 77.3 Å². The maximum absolute atomic E-state index is 6.31. The van der Waals surface area contributed by atoms with Crippen molar-refractivity contribution in [2.75, 3.05) is 0 Å². The van der Waals surface area contributed by atoms with Gasteiger partial charge in [-0.2, -0.15) is 0 Å². The molecule has 2 nitrogen and oxygen atoms in total. The first-order valence-corrected chi connectivity index (χ1v) is 11.0. The van der Waals surface area contributed by atoms with E-state index in [1.807, 2.05) is 0 Å². The highest BCUT2D eigenvalue weighted by Gasteiger charge is 2.51.